The minimum absolute atomic E-state index is 0.279. The summed E-state index contributed by atoms with van der Waals surface area (Å²) in [7, 11) is 0. The van der Waals surface area contributed by atoms with Crippen LogP contribution in [0.4, 0.5) is 0 Å². The fraction of sp³-hybridized carbons (Fsp3) is 0.684. The zero-order valence-corrected chi connectivity index (χ0v) is 14.3. The Labute approximate surface area is 140 Å². The van der Waals surface area contributed by atoms with Crippen LogP contribution in [0, 0.1) is 5.92 Å². The van der Waals surface area contributed by atoms with Gasteiger partial charge in [0.25, 0.3) is 0 Å². The minimum atomic E-state index is 0.279. The highest BCUT2D eigenvalue weighted by atomic mass is 16.5. The van der Waals surface area contributed by atoms with Crippen molar-refractivity contribution in [1.29, 1.82) is 0 Å². The van der Waals surface area contributed by atoms with E-state index in [2.05, 4.69) is 34.1 Å². The van der Waals surface area contributed by atoms with E-state index in [0.29, 0.717) is 12.6 Å². The molecule has 23 heavy (non-hydrogen) atoms. The molecule has 0 unspecified atom stereocenters. The molecule has 1 aliphatic heterocycles. The van der Waals surface area contributed by atoms with E-state index in [1.807, 2.05) is 6.92 Å². The molecular weight excluding hydrogens is 288 g/mol. The molecule has 1 atom stereocenters. The Morgan fingerprint density at radius 3 is 2.61 bits per heavy atom. The molecule has 0 amide bonds. The van der Waals surface area contributed by atoms with E-state index < -0.39 is 0 Å². The summed E-state index contributed by atoms with van der Waals surface area (Å²) >= 11 is 0. The van der Waals surface area contributed by atoms with E-state index in [4.69, 9.17) is 4.74 Å². The first-order valence-electron chi connectivity index (χ1n) is 9.07. The Morgan fingerprint density at radius 1 is 1.17 bits per heavy atom. The molecule has 1 saturated carbocycles. The van der Waals surface area contributed by atoms with Crippen LogP contribution in [0.15, 0.2) is 24.3 Å². The first-order chi connectivity index (χ1) is 11.3. The summed E-state index contributed by atoms with van der Waals surface area (Å²) in [6.07, 6.45) is 3.70. The van der Waals surface area contributed by atoms with Gasteiger partial charge in [-0.05, 0) is 49.8 Å². The van der Waals surface area contributed by atoms with Gasteiger partial charge in [-0.1, -0.05) is 12.1 Å². The van der Waals surface area contributed by atoms with Crippen molar-refractivity contribution in [2.24, 2.45) is 5.92 Å². The van der Waals surface area contributed by atoms with Gasteiger partial charge in [0.15, 0.2) is 0 Å². The average Bonchev–Trinajstić information content (AvgIpc) is 3.36. The maximum Gasteiger partial charge on any atom is 0.119 e. The second-order valence-corrected chi connectivity index (χ2v) is 6.92. The number of ether oxygens (including phenoxy) is 1. The molecule has 1 N–H and O–H groups in total. The Balaban J connectivity index is 1.56. The number of aliphatic hydroxyl groups is 1. The third-order valence-electron chi connectivity index (χ3n) is 4.98. The van der Waals surface area contributed by atoms with Crippen molar-refractivity contribution in [3.63, 3.8) is 0 Å². The highest BCUT2D eigenvalue weighted by Crippen LogP contribution is 2.30. The van der Waals surface area contributed by atoms with Crippen LogP contribution in [-0.2, 0) is 6.54 Å². The van der Waals surface area contributed by atoms with Gasteiger partial charge < -0.3 is 14.7 Å². The predicted molar refractivity (Wildman–Crippen MR) is 92.7 cm³/mol. The molecule has 1 aromatic rings. The number of hydrogen-bond acceptors (Lipinski definition) is 4. The van der Waals surface area contributed by atoms with Crippen LogP contribution < -0.4 is 4.74 Å². The molecule has 0 radical (unpaired) electrons. The van der Waals surface area contributed by atoms with Crippen LogP contribution in [0.3, 0.4) is 0 Å². The van der Waals surface area contributed by atoms with Gasteiger partial charge in [-0.25, -0.2) is 0 Å². The molecule has 1 aromatic carbocycles. The number of piperazine rings is 1. The fourth-order valence-electron chi connectivity index (χ4n) is 3.51. The van der Waals surface area contributed by atoms with E-state index in [9.17, 15) is 5.11 Å². The maximum atomic E-state index is 9.42. The molecule has 1 heterocycles. The van der Waals surface area contributed by atoms with Gasteiger partial charge in [0.2, 0.25) is 0 Å². The van der Waals surface area contributed by atoms with Gasteiger partial charge >= 0.3 is 0 Å². The van der Waals surface area contributed by atoms with Crippen molar-refractivity contribution in [2.45, 2.75) is 38.8 Å². The topological polar surface area (TPSA) is 35.9 Å². The number of aliphatic hydroxyl groups excluding tert-OH is 1. The predicted octanol–water partition coefficient (Wildman–Crippen LogP) is 2.36. The zero-order valence-electron chi connectivity index (χ0n) is 14.3. The molecule has 0 spiro atoms. The minimum Gasteiger partial charge on any atom is -0.494 e. The molecular formula is C19H30N2O2. The molecule has 2 fully saturated rings. The largest absolute Gasteiger partial charge is 0.494 e. The Kier molecular flexibility index (Phi) is 5.92. The molecule has 128 valence electrons. The van der Waals surface area contributed by atoms with Crippen molar-refractivity contribution in [1.82, 2.24) is 9.80 Å². The number of benzene rings is 1. The standard InChI is InChI=1S/C19H30N2O2/c1-2-23-19-7-5-17(6-8-19)14-21-11-10-20(13-16-3-4-16)15-18(21)9-12-22/h5-8,16,18,22H,2-4,9-15H2,1H3/t18-/m1/s1. The van der Waals surface area contributed by atoms with Crippen LogP contribution in [0.5, 0.6) is 5.75 Å². The lowest BCUT2D eigenvalue weighted by Crippen LogP contribution is -2.53. The van der Waals surface area contributed by atoms with Crippen LogP contribution in [0.2, 0.25) is 0 Å². The number of hydrogen-bond donors (Lipinski definition) is 1. The van der Waals surface area contributed by atoms with Gasteiger partial charge in [-0.3, -0.25) is 4.90 Å². The third-order valence-corrected chi connectivity index (χ3v) is 4.98. The van der Waals surface area contributed by atoms with Crippen LogP contribution in [0.1, 0.15) is 31.7 Å². The summed E-state index contributed by atoms with van der Waals surface area (Å²) in [6, 6.07) is 8.92. The Bertz CT molecular complexity index is 473. The van der Waals surface area contributed by atoms with E-state index in [1.54, 1.807) is 0 Å². The molecule has 3 rings (SSSR count). The van der Waals surface area contributed by atoms with E-state index in [1.165, 1.54) is 24.9 Å². The summed E-state index contributed by atoms with van der Waals surface area (Å²) < 4.78 is 5.51. The highest BCUT2D eigenvalue weighted by molar-refractivity contribution is 5.27. The van der Waals surface area contributed by atoms with Crippen LogP contribution >= 0.6 is 0 Å². The number of rotatable bonds is 8. The first-order valence-corrected chi connectivity index (χ1v) is 9.07. The Hall–Kier alpha value is -1.10. The van der Waals surface area contributed by atoms with Crippen LogP contribution in [0.25, 0.3) is 0 Å². The summed E-state index contributed by atoms with van der Waals surface area (Å²) in [4.78, 5) is 5.14. The van der Waals surface area contributed by atoms with Gasteiger partial charge in [0.1, 0.15) is 5.75 Å². The van der Waals surface area contributed by atoms with Crippen molar-refractivity contribution in [3.8, 4) is 5.75 Å². The molecule has 0 bridgehead atoms. The average molecular weight is 318 g/mol. The van der Waals surface area contributed by atoms with Gasteiger partial charge in [-0.15, -0.1) is 0 Å². The monoisotopic (exact) mass is 318 g/mol. The summed E-state index contributed by atoms with van der Waals surface area (Å²) in [5, 5.41) is 9.42. The molecule has 1 aliphatic carbocycles. The van der Waals surface area contributed by atoms with E-state index >= 15 is 0 Å². The zero-order chi connectivity index (χ0) is 16.1. The lowest BCUT2D eigenvalue weighted by molar-refractivity contribution is 0.0515. The van der Waals surface area contributed by atoms with Crippen molar-refractivity contribution >= 4 is 0 Å². The second-order valence-electron chi connectivity index (χ2n) is 6.92. The quantitative estimate of drug-likeness (QED) is 0.798. The third kappa shape index (κ3) is 4.93. The van der Waals surface area contributed by atoms with Gasteiger partial charge in [0.05, 0.1) is 6.61 Å². The molecule has 1 saturated heterocycles. The van der Waals surface area contributed by atoms with Crippen molar-refractivity contribution in [3.05, 3.63) is 29.8 Å². The van der Waals surface area contributed by atoms with E-state index in [0.717, 1.165) is 44.3 Å². The summed E-state index contributed by atoms with van der Waals surface area (Å²) in [6.45, 7) is 8.60. The van der Waals surface area contributed by atoms with Gasteiger partial charge in [0, 0.05) is 45.4 Å². The van der Waals surface area contributed by atoms with Crippen molar-refractivity contribution < 1.29 is 9.84 Å². The molecule has 4 nitrogen and oxygen atoms in total. The lowest BCUT2D eigenvalue weighted by Gasteiger charge is -2.41. The maximum absolute atomic E-state index is 9.42. The molecule has 2 aliphatic rings. The molecule has 0 aromatic heterocycles. The summed E-state index contributed by atoms with van der Waals surface area (Å²) in [5.74, 6) is 1.89. The van der Waals surface area contributed by atoms with Crippen molar-refractivity contribution in [2.75, 3.05) is 39.4 Å². The summed E-state index contributed by atoms with van der Waals surface area (Å²) in [5.41, 5.74) is 1.33. The smallest absolute Gasteiger partial charge is 0.119 e. The lowest BCUT2D eigenvalue weighted by atomic mass is 10.1. The van der Waals surface area contributed by atoms with Gasteiger partial charge in [-0.2, -0.15) is 0 Å². The first kappa shape index (κ1) is 16.7. The SMILES string of the molecule is CCOc1ccc(CN2CCN(CC3CC3)C[C@H]2CCO)cc1. The van der Waals surface area contributed by atoms with E-state index in [-0.39, 0.29) is 6.61 Å². The Morgan fingerprint density at radius 2 is 1.96 bits per heavy atom. The van der Waals surface area contributed by atoms with Crippen LogP contribution in [-0.4, -0.2) is 60.3 Å². The fourth-order valence-corrected chi connectivity index (χ4v) is 3.51. The normalized spacial score (nSPS) is 23.1. The molecule has 4 heteroatoms. The second kappa shape index (κ2) is 8.13. The highest BCUT2D eigenvalue weighted by Gasteiger charge is 2.30. The number of nitrogens with zero attached hydrogens (tertiary/aromatic N) is 2.